The van der Waals surface area contributed by atoms with Crippen LogP contribution in [0, 0.1) is 11.6 Å². The number of benzene rings is 1. The average molecular weight is 199 g/mol. The second kappa shape index (κ2) is 4.69. The van der Waals surface area contributed by atoms with E-state index in [1.54, 1.807) is 0 Å². The summed E-state index contributed by atoms with van der Waals surface area (Å²) in [4.78, 5) is 11.1. The highest BCUT2D eigenvalue weighted by Gasteiger charge is 2.10. The first-order valence-corrected chi connectivity index (χ1v) is 4.39. The minimum atomic E-state index is -0.755. The predicted octanol–water partition coefficient (Wildman–Crippen LogP) is 2.70. The zero-order chi connectivity index (χ0) is 10.6. The van der Waals surface area contributed by atoms with Gasteiger partial charge in [0.1, 0.15) is 17.3 Å². The molecule has 0 aromatic heterocycles. The van der Waals surface area contributed by atoms with Gasteiger partial charge in [-0.2, -0.15) is 0 Å². The molecule has 0 radical (unpaired) electrons. The Labute approximate surface area is 80.9 Å². The lowest BCUT2D eigenvalue weighted by Gasteiger charge is -2.06. The van der Waals surface area contributed by atoms with Crippen LogP contribution < -0.4 is 5.32 Å². The van der Waals surface area contributed by atoms with Gasteiger partial charge in [0.15, 0.2) is 0 Å². The van der Waals surface area contributed by atoms with E-state index in [1.807, 2.05) is 6.92 Å². The Kier molecular flexibility index (Phi) is 3.56. The molecule has 76 valence electrons. The first-order chi connectivity index (χ1) is 6.65. The molecule has 0 saturated carbocycles. The second-order valence-corrected chi connectivity index (χ2v) is 2.89. The van der Waals surface area contributed by atoms with Crippen molar-refractivity contribution < 1.29 is 13.6 Å². The molecule has 0 heterocycles. The average Bonchev–Trinajstić information content (AvgIpc) is 2.12. The Morgan fingerprint density at radius 3 is 2.43 bits per heavy atom. The number of anilines is 1. The standard InChI is InChI=1S/C10H11F2NO/c1-2-4-9(14)13-10-7(11)5-3-6-8(10)12/h3,5-6H,2,4H2,1H3,(H,13,14). The Morgan fingerprint density at radius 1 is 1.36 bits per heavy atom. The van der Waals surface area contributed by atoms with E-state index in [0.29, 0.717) is 6.42 Å². The Balaban J connectivity index is 2.80. The summed E-state index contributed by atoms with van der Waals surface area (Å²) in [5.41, 5.74) is -0.369. The lowest BCUT2D eigenvalue weighted by molar-refractivity contribution is -0.116. The Bertz CT molecular complexity index is 319. The number of halogens is 2. The van der Waals surface area contributed by atoms with E-state index in [0.717, 1.165) is 12.1 Å². The molecule has 0 aliphatic rings. The number of hydrogen-bond donors (Lipinski definition) is 1. The zero-order valence-electron chi connectivity index (χ0n) is 7.81. The third kappa shape index (κ3) is 2.52. The van der Waals surface area contributed by atoms with Crippen LogP contribution in [0.1, 0.15) is 19.8 Å². The monoisotopic (exact) mass is 199 g/mol. The van der Waals surface area contributed by atoms with Gasteiger partial charge in [0.2, 0.25) is 5.91 Å². The van der Waals surface area contributed by atoms with E-state index in [2.05, 4.69) is 5.32 Å². The summed E-state index contributed by atoms with van der Waals surface area (Å²) < 4.78 is 26.0. The number of nitrogens with one attached hydrogen (secondary N) is 1. The third-order valence-electron chi connectivity index (χ3n) is 1.70. The molecule has 0 aliphatic heterocycles. The highest BCUT2D eigenvalue weighted by Crippen LogP contribution is 2.18. The molecular formula is C10H11F2NO. The minimum absolute atomic E-state index is 0.258. The predicted molar refractivity (Wildman–Crippen MR) is 49.9 cm³/mol. The molecule has 0 unspecified atom stereocenters. The quantitative estimate of drug-likeness (QED) is 0.796. The molecular weight excluding hydrogens is 188 g/mol. The molecule has 0 spiro atoms. The van der Waals surface area contributed by atoms with E-state index in [4.69, 9.17) is 0 Å². The summed E-state index contributed by atoms with van der Waals surface area (Å²) in [5.74, 6) is -1.89. The maximum absolute atomic E-state index is 13.0. The summed E-state index contributed by atoms with van der Waals surface area (Å²) in [6.45, 7) is 1.82. The molecule has 1 aromatic rings. The molecule has 0 fully saturated rings. The van der Waals surface area contributed by atoms with Gasteiger partial charge in [0.25, 0.3) is 0 Å². The summed E-state index contributed by atoms with van der Waals surface area (Å²) in [6.07, 6.45) is 0.898. The Hall–Kier alpha value is -1.45. The molecule has 0 bridgehead atoms. The van der Waals surface area contributed by atoms with Crippen LogP contribution in [-0.2, 0) is 4.79 Å². The zero-order valence-corrected chi connectivity index (χ0v) is 7.81. The van der Waals surface area contributed by atoms with Crippen LogP contribution in [-0.4, -0.2) is 5.91 Å². The van der Waals surface area contributed by atoms with E-state index < -0.39 is 11.6 Å². The molecule has 14 heavy (non-hydrogen) atoms. The third-order valence-corrected chi connectivity index (χ3v) is 1.70. The molecule has 0 atom stereocenters. The molecule has 0 saturated heterocycles. The van der Waals surface area contributed by atoms with Gasteiger partial charge in [-0.25, -0.2) is 8.78 Å². The number of carbonyl (C=O) groups excluding carboxylic acids is 1. The van der Waals surface area contributed by atoms with Crippen molar-refractivity contribution in [2.45, 2.75) is 19.8 Å². The van der Waals surface area contributed by atoms with Crippen molar-refractivity contribution in [2.75, 3.05) is 5.32 Å². The smallest absolute Gasteiger partial charge is 0.224 e. The van der Waals surface area contributed by atoms with Gasteiger partial charge >= 0.3 is 0 Å². The number of carbonyl (C=O) groups is 1. The van der Waals surface area contributed by atoms with Crippen molar-refractivity contribution in [1.82, 2.24) is 0 Å². The van der Waals surface area contributed by atoms with Crippen molar-refractivity contribution in [3.63, 3.8) is 0 Å². The van der Waals surface area contributed by atoms with E-state index in [9.17, 15) is 13.6 Å². The van der Waals surface area contributed by atoms with Gasteiger partial charge in [-0.15, -0.1) is 0 Å². The number of amides is 1. The van der Waals surface area contributed by atoms with Crippen molar-refractivity contribution in [3.8, 4) is 0 Å². The molecule has 2 nitrogen and oxygen atoms in total. The Morgan fingerprint density at radius 2 is 1.93 bits per heavy atom. The molecule has 1 amide bonds. The summed E-state index contributed by atoms with van der Waals surface area (Å²) >= 11 is 0. The van der Waals surface area contributed by atoms with Gasteiger partial charge in [0, 0.05) is 6.42 Å². The van der Waals surface area contributed by atoms with E-state index in [1.165, 1.54) is 6.07 Å². The molecule has 4 heteroatoms. The fraction of sp³-hybridized carbons (Fsp3) is 0.300. The van der Waals surface area contributed by atoms with E-state index >= 15 is 0 Å². The van der Waals surface area contributed by atoms with Crippen molar-refractivity contribution in [1.29, 1.82) is 0 Å². The molecule has 1 N–H and O–H groups in total. The first kappa shape index (κ1) is 10.6. The van der Waals surface area contributed by atoms with Gasteiger partial charge in [-0.05, 0) is 18.6 Å². The largest absolute Gasteiger partial charge is 0.321 e. The van der Waals surface area contributed by atoms with Gasteiger partial charge in [-0.1, -0.05) is 13.0 Å². The van der Waals surface area contributed by atoms with Crippen LogP contribution in [0.4, 0.5) is 14.5 Å². The maximum Gasteiger partial charge on any atom is 0.224 e. The van der Waals surface area contributed by atoms with Crippen LogP contribution in [0.25, 0.3) is 0 Å². The van der Waals surface area contributed by atoms with Gasteiger partial charge < -0.3 is 5.32 Å². The van der Waals surface area contributed by atoms with Crippen molar-refractivity contribution in [3.05, 3.63) is 29.8 Å². The summed E-state index contributed by atoms with van der Waals surface area (Å²) in [7, 11) is 0. The highest BCUT2D eigenvalue weighted by molar-refractivity contribution is 5.90. The van der Waals surface area contributed by atoms with Gasteiger partial charge in [-0.3, -0.25) is 4.79 Å². The number of hydrogen-bond acceptors (Lipinski definition) is 1. The highest BCUT2D eigenvalue weighted by atomic mass is 19.1. The fourth-order valence-electron chi connectivity index (χ4n) is 1.05. The molecule has 1 rings (SSSR count). The van der Waals surface area contributed by atoms with Gasteiger partial charge in [0.05, 0.1) is 0 Å². The topological polar surface area (TPSA) is 29.1 Å². The van der Waals surface area contributed by atoms with Crippen LogP contribution in [0.2, 0.25) is 0 Å². The normalized spacial score (nSPS) is 9.93. The van der Waals surface area contributed by atoms with Crippen molar-refractivity contribution >= 4 is 11.6 Å². The lowest BCUT2D eigenvalue weighted by atomic mass is 10.2. The summed E-state index contributed by atoms with van der Waals surface area (Å²) in [6, 6.07) is 3.45. The van der Waals surface area contributed by atoms with Crippen LogP contribution >= 0.6 is 0 Å². The fourth-order valence-corrected chi connectivity index (χ4v) is 1.05. The number of para-hydroxylation sites is 1. The molecule has 1 aromatic carbocycles. The van der Waals surface area contributed by atoms with Crippen LogP contribution in [0.15, 0.2) is 18.2 Å². The SMILES string of the molecule is CCCC(=O)Nc1c(F)cccc1F. The lowest BCUT2D eigenvalue weighted by Crippen LogP contribution is -2.13. The minimum Gasteiger partial charge on any atom is -0.321 e. The maximum atomic E-state index is 13.0. The van der Waals surface area contributed by atoms with Crippen LogP contribution in [0.3, 0.4) is 0 Å². The van der Waals surface area contributed by atoms with E-state index in [-0.39, 0.29) is 18.0 Å². The van der Waals surface area contributed by atoms with Crippen LogP contribution in [0.5, 0.6) is 0 Å². The first-order valence-electron chi connectivity index (χ1n) is 4.39. The molecule has 0 aliphatic carbocycles. The summed E-state index contributed by atoms with van der Waals surface area (Å²) in [5, 5.41) is 2.19. The second-order valence-electron chi connectivity index (χ2n) is 2.89. The number of rotatable bonds is 3. The van der Waals surface area contributed by atoms with Crippen molar-refractivity contribution in [2.24, 2.45) is 0 Å².